The number of rotatable bonds is 7. The van der Waals surface area contributed by atoms with Crippen LogP contribution in [0.15, 0.2) is 64.8 Å². The number of amides is 1. The molecule has 0 spiro atoms. The summed E-state index contributed by atoms with van der Waals surface area (Å²) in [5.74, 6) is 1.02. The molecule has 4 rings (SSSR count). The molecule has 7 heteroatoms. The summed E-state index contributed by atoms with van der Waals surface area (Å²) in [5, 5.41) is 5.30. The number of nitrogens with zero attached hydrogens (tertiary/aromatic N) is 1. The number of thiophene rings is 1. The summed E-state index contributed by atoms with van der Waals surface area (Å²) in [6, 6.07) is 17.9. The fraction of sp³-hybridized carbons (Fsp3) is 0.208. The summed E-state index contributed by atoms with van der Waals surface area (Å²) in [6.45, 7) is 4.41. The van der Waals surface area contributed by atoms with E-state index in [0.717, 1.165) is 21.5 Å². The summed E-state index contributed by atoms with van der Waals surface area (Å²) < 4.78 is 0. The molecule has 2 aromatic carbocycles. The van der Waals surface area contributed by atoms with Gasteiger partial charge >= 0.3 is 0 Å². The number of aromatic nitrogens is 2. The zero-order valence-electron chi connectivity index (χ0n) is 17.3. The summed E-state index contributed by atoms with van der Waals surface area (Å²) in [7, 11) is 0. The topological polar surface area (TPSA) is 74.8 Å². The van der Waals surface area contributed by atoms with Crippen LogP contribution in [0.1, 0.15) is 23.9 Å². The van der Waals surface area contributed by atoms with Crippen LogP contribution in [0.4, 0.5) is 0 Å². The first-order chi connectivity index (χ1) is 15.0. The first kappa shape index (κ1) is 21.3. The van der Waals surface area contributed by atoms with Gasteiger partial charge in [0, 0.05) is 17.5 Å². The maximum atomic E-state index is 12.7. The van der Waals surface area contributed by atoms with Gasteiger partial charge < -0.3 is 10.3 Å². The molecular weight excluding hydrogens is 426 g/mol. The molecule has 0 aliphatic rings. The second kappa shape index (κ2) is 9.49. The number of H-pyrrole nitrogens is 1. The van der Waals surface area contributed by atoms with E-state index in [-0.39, 0.29) is 16.7 Å². The van der Waals surface area contributed by atoms with Gasteiger partial charge in [0.15, 0.2) is 0 Å². The number of aryl methyl sites for hydroxylation is 1. The Morgan fingerprint density at radius 2 is 1.90 bits per heavy atom. The molecule has 0 bridgehead atoms. The van der Waals surface area contributed by atoms with Crippen molar-refractivity contribution < 1.29 is 4.79 Å². The molecule has 5 nitrogen and oxygen atoms in total. The third-order valence-electron chi connectivity index (χ3n) is 5.00. The Morgan fingerprint density at radius 3 is 2.65 bits per heavy atom. The summed E-state index contributed by atoms with van der Waals surface area (Å²) in [4.78, 5) is 33.4. The fourth-order valence-corrected chi connectivity index (χ4v) is 4.96. The third-order valence-corrected chi connectivity index (χ3v) is 7.03. The van der Waals surface area contributed by atoms with Crippen molar-refractivity contribution in [3.05, 3.63) is 87.3 Å². The molecule has 4 aromatic rings. The molecule has 2 aromatic heterocycles. The first-order valence-corrected chi connectivity index (χ1v) is 11.9. The highest BCUT2D eigenvalue weighted by Gasteiger charge is 2.16. The van der Waals surface area contributed by atoms with E-state index in [1.54, 1.807) is 0 Å². The van der Waals surface area contributed by atoms with E-state index >= 15 is 0 Å². The van der Waals surface area contributed by atoms with Gasteiger partial charge in [-0.2, -0.15) is 0 Å². The van der Waals surface area contributed by atoms with E-state index in [4.69, 9.17) is 0 Å². The smallest absolute Gasteiger partial charge is 0.260 e. The van der Waals surface area contributed by atoms with Gasteiger partial charge in [0.25, 0.3) is 5.56 Å². The van der Waals surface area contributed by atoms with Crippen molar-refractivity contribution in [1.82, 2.24) is 15.3 Å². The van der Waals surface area contributed by atoms with Gasteiger partial charge in [-0.3, -0.25) is 9.59 Å². The lowest BCUT2D eigenvalue weighted by Crippen LogP contribution is -2.30. The van der Waals surface area contributed by atoms with Crippen molar-refractivity contribution in [3.8, 4) is 11.1 Å². The molecule has 2 heterocycles. The van der Waals surface area contributed by atoms with E-state index < -0.39 is 0 Å². The molecule has 1 amide bonds. The van der Waals surface area contributed by atoms with E-state index in [9.17, 15) is 9.59 Å². The van der Waals surface area contributed by atoms with Crippen LogP contribution in [0.5, 0.6) is 0 Å². The van der Waals surface area contributed by atoms with Gasteiger partial charge in [-0.05, 0) is 25.0 Å². The van der Waals surface area contributed by atoms with Crippen molar-refractivity contribution in [3.63, 3.8) is 0 Å². The fourth-order valence-electron chi connectivity index (χ4n) is 3.21. The number of nitrogens with one attached hydrogen (secondary N) is 2. The Balaban J connectivity index is 1.40. The lowest BCUT2D eigenvalue weighted by molar-refractivity contribution is -0.120. The third kappa shape index (κ3) is 5.06. The SMILES string of the molecule is Cc1ccc(CNC(=O)C(C)SCc2nc3scc(-c4ccccc4)c3c(=O)[nH]2)cc1. The van der Waals surface area contributed by atoms with Crippen molar-refractivity contribution in [1.29, 1.82) is 0 Å². The Kier molecular flexibility index (Phi) is 6.53. The molecule has 0 aliphatic heterocycles. The molecule has 31 heavy (non-hydrogen) atoms. The predicted molar refractivity (Wildman–Crippen MR) is 129 cm³/mol. The largest absolute Gasteiger partial charge is 0.351 e. The lowest BCUT2D eigenvalue weighted by Gasteiger charge is -2.12. The molecule has 0 aliphatic carbocycles. The average molecular weight is 450 g/mol. The Hall–Kier alpha value is -2.90. The van der Waals surface area contributed by atoms with E-state index in [1.165, 1.54) is 28.7 Å². The first-order valence-electron chi connectivity index (χ1n) is 10.0. The van der Waals surface area contributed by atoms with Crippen LogP contribution in [-0.2, 0) is 17.1 Å². The van der Waals surface area contributed by atoms with Crippen LogP contribution >= 0.6 is 23.1 Å². The van der Waals surface area contributed by atoms with Gasteiger partial charge in [0.05, 0.1) is 16.4 Å². The highest BCUT2D eigenvalue weighted by molar-refractivity contribution is 7.99. The molecule has 1 unspecified atom stereocenters. The van der Waals surface area contributed by atoms with Crippen molar-refractivity contribution in [2.24, 2.45) is 0 Å². The summed E-state index contributed by atoms with van der Waals surface area (Å²) in [6.07, 6.45) is 0. The average Bonchev–Trinajstić information content (AvgIpc) is 3.22. The second-order valence-electron chi connectivity index (χ2n) is 7.36. The number of carbonyl (C=O) groups is 1. The van der Waals surface area contributed by atoms with Crippen LogP contribution in [0.3, 0.4) is 0 Å². The van der Waals surface area contributed by atoms with Gasteiger partial charge in [0.2, 0.25) is 5.91 Å². The van der Waals surface area contributed by atoms with Crippen LogP contribution in [0.2, 0.25) is 0 Å². The summed E-state index contributed by atoms with van der Waals surface area (Å²) >= 11 is 2.92. The standard InChI is InChI=1S/C24H23N3O2S2/c1-15-8-10-17(11-9-15)12-25-22(28)16(2)30-14-20-26-23(29)21-19(13-31-24(21)27-20)18-6-4-3-5-7-18/h3-11,13,16H,12,14H2,1-2H3,(H,25,28)(H,26,27,29). The zero-order chi connectivity index (χ0) is 21.8. The van der Waals surface area contributed by atoms with Crippen molar-refractivity contribution in [2.75, 3.05) is 0 Å². The predicted octanol–water partition coefficient (Wildman–Crippen LogP) is 4.90. The summed E-state index contributed by atoms with van der Waals surface area (Å²) in [5.41, 5.74) is 4.02. The number of hydrogen-bond acceptors (Lipinski definition) is 5. The maximum Gasteiger partial charge on any atom is 0.260 e. The number of aromatic amines is 1. The number of benzene rings is 2. The van der Waals surface area contributed by atoms with Gasteiger partial charge in [0.1, 0.15) is 10.7 Å². The Morgan fingerprint density at radius 1 is 1.16 bits per heavy atom. The number of fused-ring (bicyclic) bond motifs is 1. The van der Waals surface area contributed by atoms with Crippen LogP contribution in [-0.4, -0.2) is 21.1 Å². The highest BCUT2D eigenvalue weighted by Crippen LogP contribution is 2.30. The van der Waals surface area contributed by atoms with E-state index in [2.05, 4.69) is 15.3 Å². The van der Waals surface area contributed by atoms with Gasteiger partial charge in [-0.25, -0.2) is 4.98 Å². The van der Waals surface area contributed by atoms with Crippen LogP contribution < -0.4 is 10.9 Å². The molecular formula is C24H23N3O2S2. The van der Waals surface area contributed by atoms with Crippen molar-refractivity contribution in [2.45, 2.75) is 31.4 Å². The van der Waals surface area contributed by atoms with Crippen LogP contribution in [0.25, 0.3) is 21.3 Å². The minimum atomic E-state index is -0.255. The monoisotopic (exact) mass is 449 g/mol. The molecule has 2 N–H and O–H groups in total. The molecule has 0 saturated heterocycles. The highest BCUT2D eigenvalue weighted by atomic mass is 32.2. The molecule has 158 valence electrons. The molecule has 0 radical (unpaired) electrons. The quantitative estimate of drug-likeness (QED) is 0.421. The normalized spacial score (nSPS) is 12.1. The molecule has 1 atom stereocenters. The zero-order valence-corrected chi connectivity index (χ0v) is 19.0. The number of thioether (sulfide) groups is 1. The van der Waals surface area contributed by atoms with Crippen molar-refractivity contribution >= 4 is 39.2 Å². The molecule has 0 saturated carbocycles. The second-order valence-corrected chi connectivity index (χ2v) is 9.55. The van der Waals surface area contributed by atoms with E-state index in [1.807, 2.05) is 73.8 Å². The van der Waals surface area contributed by atoms with E-state index in [0.29, 0.717) is 23.5 Å². The minimum Gasteiger partial charge on any atom is -0.351 e. The number of hydrogen-bond donors (Lipinski definition) is 2. The Bertz CT molecular complexity index is 1250. The lowest BCUT2D eigenvalue weighted by atomic mass is 10.1. The van der Waals surface area contributed by atoms with Gasteiger partial charge in [-0.15, -0.1) is 23.1 Å². The minimum absolute atomic E-state index is 0.0310. The van der Waals surface area contributed by atoms with Crippen LogP contribution in [0, 0.1) is 6.92 Å². The van der Waals surface area contributed by atoms with Gasteiger partial charge in [-0.1, -0.05) is 60.2 Å². The number of carbonyl (C=O) groups excluding carboxylic acids is 1. The Labute approximate surface area is 188 Å². The molecule has 0 fully saturated rings. The maximum absolute atomic E-state index is 12.7.